The summed E-state index contributed by atoms with van der Waals surface area (Å²) in [6.07, 6.45) is 0. The molecule has 0 aromatic heterocycles. The number of Topliss-reactive ketones (excluding diaryl/α,β-unsaturated/α-hetero) is 1. The molecule has 0 heterocycles. The van der Waals surface area contributed by atoms with Gasteiger partial charge in [-0.3, -0.25) is 4.79 Å². The molecule has 0 aliphatic heterocycles. The lowest BCUT2D eigenvalue weighted by Crippen LogP contribution is -2.16. The van der Waals surface area contributed by atoms with Gasteiger partial charge in [0.1, 0.15) is 5.82 Å². The van der Waals surface area contributed by atoms with Crippen molar-refractivity contribution in [1.29, 1.82) is 0 Å². The van der Waals surface area contributed by atoms with Crippen molar-refractivity contribution in [3.8, 4) is 0 Å². The number of halogens is 2. The Kier molecular flexibility index (Phi) is 3.80. The minimum Gasteiger partial charge on any atom is -0.478 e. The summed E-state index contributed by atoms with van der Waals surface area (Å²) in [6.45, 7) is 3.18. The van der Waals surface area contributed by atoms with Crippen LogP contribution in [0, 0.1) is 11.7 Å². The molecule has 1 aromatic carbocycles. The molecule has 0 aliphatic carbocycles. The van der Waals surface area contributed by atoms with Gasteiger partial charge in [0.25, 0.3) is 0 Å². The van der Waals surface area contributed by atoms with Crippen molar-refractivity contribution < 1.29 is 19.1 Å². The maximum absolute atomic E-state index is 13.7. The number of aromatic carboxylic acids is 1. The zero-order valence-electron chi connectivity index (χ0n) is 8.75. The van der Waals surface area contributed by atoms with E-state index in [1.165, 1.54) is 12.1 Å². The van der Waals surface area contributed by atoms with E-state index in [9.17, 15) is 14.0 Å². The summed E-state index contributed by atoms with van der Waals surface area (Å²) in [4.78, 5) is 22.6. The Hall–Kier alpha value is -1.23. The topological polar surface area (TPSA) is 54.4 Å². The Bertz CT molecular complexity index is 455. The second-order valence-electron chi connectivity index (χ2n) is 3.61. The lowest BCUT2D eigenvalue weighted by Gasteiger charge is -2.10. The van der Waals surface area contributed by atoms with Crippen molar-refractivity contribution in [2.45, 2.75) is 13.8 Å². The summed E-state index contributed by atoms with van der Waals surface area (Å²) in [5, 5.41) is 8.88. The van der Waals surface area contributed by atoms with Gasteiger partial charge in [0.2, 0.25) is 0 Å². The van der Waals surface area contributed by atoms with E-state index in [0.29, 0.717) is 0 Å². The van der Waals surface area contributed by atoms with Crippen molar-refractivity contribution in [2.75, 3.05) is 0 Å². The predicted molar refractivity (Wildman–Crippen MR) is 60.2 cm³/mol. The molecule has 0 unspecified atom stereocenters. The number of carbonyl (C=O) groups excluding carboxylic acids is 1. The summed E-state index contributed by atoms with van der Waals surface area (Å²) in [6, 6.07) is 2.49. The first-order valence-electron chi connectivity index (χ1n) is 4.61. The zero-order valence-corrected chi connectivity index (χ0v) is 10.3. The second-order valence-corrected chi connectivity index (χ2v) is 4.46. The average molecular weight is 289 g/mol. The third-order valence-corrected chi connectivity index (χ3v) is 2.71. The van der Waals surface area contributed by atoms with Crippen LogP contribution in [0.5, 0.6) is 0 Å². The summed E-state index contributed by atoms with van der Waals surface area (Å²) in [5.74, 6) is -3.10. The molecule has 86 valence electrons. The van der Waals surface area contributed by atoms with Crippen LogP contribution in [0.15, 0.2) is 16.6 Å². The fraction of sp³-hybridized carbons (Fsp3) is 0.273. The molecule has 0 bridgehead atoms. The Morgan fingerprint density at radius 2 is 1.94 bits per heavy atom. The quantitative estimate of drug-likeness (QED) is 0.870. The van der Waals surface area contributed by atoms with Crippen LogP contribution in [0.2, 0.25) is 0 Å². The molecule has 0 aliphatic rings. The SMILES string of the molecule is CC(C)C(=O)c1c(C(=O)O)ccc(Br)c1F. The summed E-state index contributed by atoms with van der Waals surface area (Å²) in [5.41, 5.74) is -0.670. The second kappa shape index (κ2) is 4.74. The van der Waals surface area contributed by atoms with E-state index in [1.54, 1.807) is 13.8 Å². The molecule has 1 rings (SSSR count). The monoisotopic (exact) mass is 288 g/mol. The first-order chi connectivity index (χ1) is 7.36. The third-order valence-electron chi connectivity index (χ3n) is 2.10. The Balaban J connectivity index is 3.49. The van der Waals surface area contributed by atoms with E-state index in [4.69, 9.17) is 5.11 Å². The number of rotatable bonds is 3. The van der Waals surface area contributed by atoms with Gasteiger partial charge >= 0.3 is 5.97 Å². The van der Waals surface area contributed by atoms with Crippen LogP contribution in [0.3, 0.4) is 0 Å². The van der Waals surface area contributed by atoms with Crippen LogP contribution in [-0.2, 0) is 0 Å². The smallest absolute Gasteiger partial charge is 0.336 e. The Morgan fingerprint density at radius 3 is 2.38 bits per heavy atom. The molecule has 1 aromatic rings. The standard InChI is InChI=1S/C11H10BrFO3/c1-5(2)10(14)8-6(11(15)16)3-4-7(12)9(8)13/h3-5H,1-2H3,(H,15,16). The van der Waals surface area contributed by atoms with Gasteiger partial charge in [0.15, 0.2) is 5.78 Å². The molecule has 1 N–H and O–H groups in total. The van der Waals surface area contributed by atoms with Crippen molar-refractivity contribution in [2.24, 2.45) is 5.92 Å². The highest BCUT2D eigenvalue weighted by Crippen LogP contribution is 2.24. The summed E-state index contributed by atoms with van der Waals surface area (Å²) < 4.78 is 13.8. The number of ketones is 1. The first kappa shape index (κ1) is 12.8. The van der Waals surface area contributed by atoms with Gasteiger partial charge in [0.05, 0.1) is 15.6 Å². The van der Waals surface area contributed by atoms with E-state index >= 15 is 0 Å². The Labute approximate surface area is 100 Å². The fourth-order valence-corrected chi connectivity index (χ4v) is 1.59. The molecule has 0 amide bonds. The number of carboxylic acid groups (broad SMARTS) is 1. The highest BCUT2D eigenvalue weighted by atomic mass is 79.9. The van der Waals surface area contributed by atoms with Crippen LogP contribution in [-0.4, -0.2) is 16.9 Å². The number of hydrogen-bond acceptors (Lipinski definition) is 2. The maximum atomic E-state index is 13.7. The van der Waals surface area contributed by atoms with E-state index in [1.807, 2.05) is 0 Å². The van der Waals surface area contributed by atoms with Gasteiger partial charge in [-0.15, -0.1) is 0 Å². The zero-order chi connectivity index (χ0) is 12.5. The normalized spacial score (nSPS) is 10.6. The molecule has 0 fully saturated rings. The van der Waals surface area contributed by atoms with Gasteiger partial charge in [-0.2, -0.15) is 0 Å². The van der Waals surface area contributed by atoms with Gasteiger partial charge in [-0.05, 0) is 28.1 Å². The van der Waals surface area contributed by atoms with Crippen molar-refractivity contribution in [3.05, 3.63) is 33.5 Å². The maximum Gasteiger partial charge on any atom is 0.336 e. The minimum absolute atomic E-state index is 0.0847. The predicted octanol–water partition coefficient (Wildman–Crippen LogP) is 3.13. The molecular formula is C11H10BrFO3. The van der Waals surface area contributed by atoms with E-state index < -0.39 is 23.5 Å². The number of carbonyl (C=O) groups is 2. The highest BCUT2D eigenvalue weighted by Gasteiger charge is 2.24. The molecule has 5 heteroatoms. The molecule has 0 saturated carbocycles. The number of hydrogen-bond donors (Lipinski definition) is 1. The van der Waals surface area contributed by atoms with Crippen molar-refractivity contribution in [1.82, 2.24) is 0 Å². The summed E-state index contributed by atoms with van der Waals surface area (Å²) >= 11 is 2.93. The molecule has 0 radical (unpaired) electrons. The molecular weight excluding hydrogens is 279 g/mol. The van der Waals surface area contributed by atoms with Crippen molar-refractivity contribution >= 4 is 27.7 Å². The van der Waals surface area contributed by atoms with E-state index in [2.05, 4.69) is 15.9 Å². The summed E-state index contributed by atoms with van der Waals surface area (Å²) in [7, 11) is 0. The number of benzene rings is 1. The van der Waals surface area contributed by atoms with Crippen LogP contribution in [0.25, 0.3) is 0 Å². The molecule has 3 nitrogen and oxygen atoms in total. The van der Waals surface area contributed by atoms with Gasteiger partial charge in [-0.25, -0.2) is 9.18 Å². The third kappa shape index (κ3) is 2.29. The van der Waals surface area contributed by atoms with Crippen LogP contribution in [0.1, 0.15) is 34.6 Å². The van der Waals surface area contributed by atoms with Crippen LogP contribution in [0.4, 0.5) is 4.39 Å². The molecule has 16 heavy (non-hydrogen) atoms. The largest absolute Gasteiger partial charge is 0.478 e. The van der Waals surface area contributed by atoms with Crippen molar-refractivity contribution in [3.63, 3.8) is 0 Å². The van der Waals surface area contributed by atoms with Crippen LogP contribution < -0.4 is 0 Å². The van der Waals surface area contributed by atoms with Gasteiger partial charge < -0.3 is 5.11 Å². The van der Waals surface area contributed by atoms with E-state index in [0.717, 1.165) is 0 Å². The molecule has 0 atom stereocenters. The number of carboxylic acids is 1. The Morgan fingerprint density at radius 1 is 1.38 bits per heavy atom. The van der Waals surface area contributed by atoms with Crippen LogP contribution >= 0.6 is 15.9 Å². The lowest BCUT2D eigenvalue weighted by atomic mass is 9.96. The van der Waals surface area contributed by atoms with E-state index in [-0.39, 0.29) is 15.6 Å². The minimum atomic E-state index is -1.31. The highest BCUT2D eigenvalue weighted by molar-refractivity contribution is 9.10. The molecule has 0 spiro atoms. The first-order valence-corrected chi connectivity index (χ1v) is 5.41. The lowest BCUT2D eigenvalue weighted by molar-refractivity contribution is 0.0689. The van der Waals surface area contributed by atoms with Gasteiger partial charge in [-0.1, -0.05) is 13.8 Å². The fourth-order valence-electron chi connectivity index (χ4n) is 1.26. The molecule has 0 saturated heterocycles. The average Bonchev–Trinajstić information content (AvgIpc) is 2.20. The van der Waals surface area contributed by atoms with Gasteiger partial charge in [0, 0.05) is 5.92 Å².